The van der Waals surface area contributed by atoms with E-state index in [2.05, 4.69) is 50.3 Å². The third-order valence-electron chi connectivity index (χ3n) is 2.79. The van der Waals surface area contributed by atoms with Crippen molar-refractivity contribution in [2.75, 3.05) is 6.54 Å². The maximum Gasteiger partial charge on any atom is 0.132 e. The first-order valence-electron chi connectivity index (χ1n) is 6.53. The van der Waals surface area contributed by atoms with Crippen LogP contribution in [0.4, 0.5) is 0 Å². The van der Waals surface area contributed by atoms with E-state index >= 15 is 0 Å². The fourth-order valence-corrected chi connectivity index (χ4v) is 2.02. The number of rotatable bonds is 6. The van der Waals surface area contributed by atoms with E-state index in [0.717, 1.165) is 41.8 Å². The molecule has 100 valence electrons. The van der Waals surface area contributed by atoms with E-state index in [1.807, 2.05) is 24.5 Å². The second-order valence-corrected chi connectivity index (χ2v) is 5.40. The van der Waals surface area contributed by atoms with Crippen LogP contribution in [-0.4, -0.2) is 16.5 Å². The highest BCUT2D eigenvalue weighted by molar-refractivity contribution is 9.10. The van der Waals surface area contributed by atoms with Gasteiger partial charge in [-0.05, 0) is 30.7 Å². The fraction of sp³-hybridized carbons (Fsp3) is 0.333. The minimum Gasteiger partial charge on any atom is -0.313 e. The van der Waals surface area contributed by atoms with E-state index < -0.39 is 0 Å². The summed E-state index contributed by atoms with van der Waals surface area (Å²) in [7, 11) is 0. The van der Waals surface area contributed by atoms with Crippen molar-refractivity contribution < 1.29 is 0 Å². The highest BCUT2D eigenvalue weighted by atomic mass is 79.9. The number of nitrogens with zero attached hydrogens (tertiary/aromatic N) is 2. The van der Waals surface area contributed by atoms with Crippen molar-refractivity contribution in [1.82, 2.24) is 15.3 Å². The van der Waals surface area contributed by atoms with E-state index in [9.17, 15) is 0 Å². The molecule has 1 aromatic carbocycles. The number of hydrogen-bond donors (Lipinski definition) is 1. The quantitative estimate of drug-likeness (QED) is 0.830. The molecule has 0 amide bonds. The van der Waals surface area contributed by atoms with Crippen LogP contribution in [0.25, 0.3) is 0 Å². The molecule has 4 heteroatoms. The lowest BCUT2D eigenvalue weighted by molar-refractivity contribution is 0.670. The van der Waals surface area contributed by atoms with Crippen molar-refractivity contribution in [3.63, 3.8) is 0 Å². The second kappa shape index (κ2) is 7.36. The van der Waals surface area contributed by atoms with E-state index in [1.54, 1.807) is 0 Å². The molecule has 0 aliphatic heterocycles. The smallest absolute Gasteiger partial charge is 0.132 e. The standard InChI is InChI=1S/C15H18BrN3/c1-2-7-17-9-13-10-18-15(19-11-13)8-12-3-5-14(16)6-4-12/h3-6,10-11,17H,2,7-9H2,1H3. The van der Waals surface area contributed by atoms with Gasteiger partial charge in [0.25, 0.3) is 0 Å². The highest BCUT2D eigenvalue weighted by Crippen LogP contribution is 2.12. The first-order chi connectivity index (χ1) is 9.28. The minimum absolute atomic E-state index is 0.774. The van der Waals surface area contributed by atoms with E-state index in [1.165, 1.54) is 5.56 Å². The molecule has 2 aromatic rings. The van der Waals surface area contributed by atoms with Gasteiger partial charge in [0.05, 0.1) is 0 Å². The zero-order valence-corrected chi connectivity index (χ0v) is 12.7. The summed E-state index contributed by atoms with van der Waals surface area (Å²) in [4.78, 5) is 8.82. The minimum atomic E-state index is 0.774. The Balaban J connectivity index is 1.92. The lowest BCUT2D eigenvalue weighted by atomic mass is 10.1. The molecule has 0 spiro atoms. The largest absolute Gasteiger partial charge is 0.313 e. The SMILES string of the molecule is CCCNCc1cnc(Cc2ccc(Br)cc2)nc1. The van der Waals surface area contributed by atoms with Gasteiger partial charge in [-0.2, -0.15) is 0 Å². The number of halogens is 1. The molecule has 1 aromatic heterocycles. The molecule has 0 bridgehead atoms. The zero-order chi connectivity index (χ0) is 13.5. The van der Waals surface area contributed by atoms with E-state index in [-0.39, 0.29) is 0 Å². The molecule has 0 aliphatic carbocycles. The summed E-state index contributed by atoms with van der Waals surface area (Å²) in [5.41, 5.74) is 2.35. The Morgan fingerprint density at radius 2 is 1.74 bits per heavy atom. The Hall–Kier alpha value is -1.26. The zero-order valence-electron chi connectivity index (χ0n) is 11.1. The molecule has 0 radical (unpaired) electrons. The van der Waals surface area contributed by atoms with Crippen molar-refractivity contribution in [2.24, 2.45) is 0 Å². The number of aromatic nitrogens is 2. The van der Waals surface area contributed by atoms with Crippen molar-refractivity contribution >= 4 is 15.9 Å². The summed E-state index contributed by atoms with van der Waals surface area (Å²) in [5.74, 6) is 0.863. The van der Waals surface area contributed by atoms with Gasteiger partial charge < -0.3 is 5.32 Å². The van der Waals surface area contributed by atoms with Crippen molar-refractivity contribution in [1.29, 1.82) is 0 Å². The second-order valence-electron chi connectivity index (χ2n) is 4.49. The molecule has 3 nitrogen and oxygen atoms in total. The highest BCUT2D eigenvalue weighted by Gasteiger charge is 2.00. The normalized spacial score (nSPS) is 10.6. The van der Waals surface area contributed by atoms with Crippen molar-refractivity contribution in [2.45, 2.75) is 26.3 Å². The first-order valence-corrected chi connectivity index (χ1v) is 7.32. The Morgan fingerprint density at radius 1 is 1.05 bits per heavy atom. The molecule has 0 saturated carbocycles. The summed E-state index contributed by atoms with van der Waals surface area (Å²) in [5, 5.41) is 3.34. The van der Waals surface area contributed by atoms with Gasteiger partial charge in [-0.25, -0.2) is 9.97 Å². The van der Waals surface area contributed by atoms with Gasteiger partial charge in [0.1, 0.15) is 5.82 Å². The van der Waals surface area contributed by atoms with Crippen molar-refractivity contribution in [3.8, 4) is 0 Å². The van der Waals surface area contributed by atoms with Crippen LogP contribution in [-0.2, 0) is 13.0 Å². The van der Waals surface area contributed by atoms with Crippen LogP contribution in [0.3, 0.4) is 0 Å². The van der Waals surface area contributed by atoms with Gasteiger partial charge in [0.2, 0.25) is 0 Å². The Labute approximate surface area is 122 Å². The molecule has 0 unspecified atom stereocenters. The third kappa shape index (κ3) is 4.73. The first kappa shape index (κ1) is 14.2. The van der Waals surface area contributed by atoms with Gasteiger partial charge in [-0.1, -0.05) is 35.0 Å². The van der Waals surface area contributed by atoms with Crippen LogP contribution in [0.1, 0.15) is 30.3 Å². The third-order valence-corrected chi connectivity index (χ3v) is 3.32. The number of benzene rings is 1. The van der Waals surface area contributed by atoms with Crippen LogP contribution in [0.2, 0.25) is 0 Å². The topological polar surface area (TPSA) is 37.8 Å². The van der Waals surface area contributed by atoms with Gasteiger partial charge in [0.15, 0.2) is 0 Å². The number of hydrogen-bond acceptors (Lipinski definition) is 3. The molecule has 2 rings (SSSR count). The fourth-order valence-electron chi connectivity index (χ4n) is 1.76. The van der Waals surface area contributed by atoms with Crippen LogP contribution in [0.5, 0.6) is 0 Å². The molecular weight excluding hydrogens is 302 g/mol. The lowest BCUT2D eigenvalue weighted by Crippen LogP contribution is -2.14. The lowest BCUT2D eigenvalue weighted by Gasteiger charge is -2.04. The predicted molar refractivity (Wildman–Crippen MR) is 81.0 cm³/mol. The molecule has 0 saturated heterocycles. The summed E-state index contributed by atoms with van der Waals surface area (Å²) in [6, 6.07) is 8.26. The average Bonchev–Trinajstić information content (AvgIpc) is 2.44. The summed E-state index contributed by atoms with van der Waals surface area (Å²) in [6.45, 7) is 4.03. The number of nitrogens with one attached hydrogen (secondary N) is 1. The van der Waals surface area contributed by atoms with Crippen LogP contribution in [0, 0.1) is 0 Å². The molecule has 1 N–H and O–H groups in total. The Morgan fingerprint density at radius 3 is 2.37 bits per heavy atom. The van der Waals surface area contributed by atoms with Crippen LogP contribution >= 0.6 is 15.9 Å². The maximum atomic E-state index is 4.41. The molecule has 1 heterocycles. The van der Waals surface area contributed by atoms with Crippen LogP contribution < -0.4 is 5.32 Å². The molecule has 0 fully saturated rings. The maximum absolute atomic E-state index is 4.41. The van der Waals surface area contributed by atoms with Gasteiger partial charge >= 0.3 is 0 Å². The Kier molecular flexibility index (Phi) is 5.48. The molecule has 19 heavy (non-hydrogen) atoms. The van der Waals surface area contributed by atoms with Crippen molar-refractivity contribution in [3.05, 3.63) is 58.1 Å². The molecule has 0 aliphatic rings. The average molecular weight is 320 g/mol. The van der Waals surface area contributed by atoms with Gasteiger partial charge in [-0.15, -0.1) is 0 Å². The van der Waals surface area contributed by atoms with Gasteiger partial charge in [0, 0.05) is 35.4 Å². The summed E-state index contributed by atoms with van der Waals surface area (Å²) >= 11 is 3.43. The van der Waals surface area contributed by atoms with E-state index in [0.29, 0.717) is 0 Å². The predicted octanol–water partition coefficient (Wildman–Crippen LogP) is 3.33. The van der Waals surface area contributed by atoms with Gasteiger partial charge in [-0.3, -0.25) is 0 Å². The molecule has 0 atom stereocenters. The monoisotopic (exact) mass is 319 g/mol. The summed E-state index contributed by atoms with van der Waals surface area (Å²) in [6.07, 6.45) is 5.73. The summed E-state index contributed by atoms with van der Waals surface area (Å²) < 4.78 is 1.09. The van der Waals surface area contributed by atoms with E-state index in [4.69, 9.17) is 0 Å². The van der Waals surface area contributed by atoms with Crippen LogP contribution in [0.15, 0.2) is 41.1 Å². The Bertz CT molecular complexity index is 494. The molecular formula is C15H18BrN3.